The average Bonchev–Trinajstić information content (AvgIpc) is 2.37. The zero-order chi connectivity index (χ0) is 14.9. The van der Waals surface area contributed by atoms with E-state index in [9.17, 15) is 18.0 Å². The Hall–Kier alpha value is -2.01. The molecule has 0 fully saturated rings. The molecule has 2 aromatic carbocycles. The number of hydrogen-bond acceptors (Lipinski definition) is 1. The Morgan fingerprint density at radius 2 is 1.65 bits per heavy atom. The lowest BCUT2D eigenvalue weighted by molar-refractivity contribution is -0.137. The molecule has 0 atom stereocenters. The van der Waals surface area contributed by atoms with Crippen LogP contribution in [0.2, 0.25) is 5.02 Å². The maximum atomic E-state index is 12.5. The zero-order valence-corrected chi connectivity index (χ0v) is 10.7. The molecule has 0 spiro atoms. The number of halogens is 4. The van der Waals surface area contributed by atoms with Crippen LogP contribution < -0.4 is 0 Å². The minimum Gasteiger partial charge on any atom is -0.478 e. The summed E-state index contributed by atoms with van der Waals surface area (Å²) in [4.78, 5) is 10.7. The fourth-order valence-corrected chi connectivity index (χ4v) is 2.01. The number of carboxylic acid groups (broad SMARTS) is 1. The normalized spacial score (nSPS) is 11.4. The van der Waals surface area contributed by atoms with Gasteiger partial charge in [0.15, 0.2) is 0 Å². The van der Waals surface area contributed by atoms with E-state index < -0.39 is 17.7 Å². The molecule has 0 aromatic heterocycles. The van der Waals surface area contributed by atoms with Crippen LogP contribution in [-0.2, 0) is 6.18 Å². The first kappa shape index (κ1) is 14.4. The van der Waals surface area contributed by atoms with Crippen molar-refractivity contribution in [1.29, 1.82) is 0 Å². The molecule has 1 N–H and O–H groups in total. The van der Waals surface area contributed by atoms with Crippen LogP contribution in [0.5, 0.6) is 0 Å². The fourth-order valence-electron chi connectivity index (χ4n) is 1.72. The molecule has 0 saturated heterocycles. The molecule has 2 aromatic rings. The smallest absolute Gasteiger partial charge is 0.416 e. The van der Waals surface area contributed by atoms with Gasteiger partial charge in [0, 0.05) is 10.6 Å². The van der Waals surface area contributed by atoms with Crippen molar-refractivity contribution in [2.45, 2.75) is 6.18 Å². The number of carboxylic acids is 1. The predicted octanol–water partition coefficient (Wildman–Crippen LogP) is 4.72. The van der Waals surface area contributed by atoms with Crippen LogP contribution >= 0.6 is 11.6 Å². The van der Waals surface area contributed by atoms with Gasteiger partial charge in [-0.2, -0.15) is 13.2 Å². The lowest BCUT2D eigenvalue weighted by atomic mass is 10.0. The Balaban J connectivity index is 2.41. The molecule has 20 heavy (non-hydrogen) atoms. The molecular weight excluding hydrogens is 293 g/mol. The van der Waals surface area contributed by atoms with Crippen LogP contribution in [0.3, 0.4) is 0 Å². The van der Waals surface area contributed by atoms with Crippen molar-refractivity contribution >= 4 is 17.6 Å². The van der Waals surface area contributed by atoms with Crippen molar-refractivity contribution in [2.24, 2.45) is 0 Å². The summed E-state index contributed by atoms with van der Waals surface area (Å²) in [5.74, 6) is -1.07. The van der Waals surface area contributed by atoms with Gasteiger partial charge in [-0.15, -0.1) is 0 Å². The molecule has 0 heterocycles. The van der Waals surface area contributed by atoms with Crippen LogP contribution in [0.1, 0.15) is 15.9 Å². The highest BCUT2D eigenvalue weighted by Gasteiger charge is 2.30. The van der Waals surface area contributed by atoms with E-state index in [1.165, 1.54) is 30.3 Å². The van der Waals surface area contributed by atoms with Crippen LogP contribution in [-0.4, -0.2) is 11.1 Å². The molecule has 0 aliphatic carbocycles. The Morgan fingerprint density at radius 3 is 2.10 bits per heavy atom. The number of benzene rings is 2. The van der Waals surface area contributed by atoms with Crippen LogP contribution in [0.25, 0.3) is 11.1 Å². The van der Waals surface area contributed by atoms with Gasteiger partial charge in [-0.25, -0.2) is 4.79 Å². The number of carbonyl (C=O) groups is 1. The van der Waals surface area contributed by atoms with E-state index in [4.69, 9.17) is 16.7 Å². The fraction of sp³-hybridized carbons (Fsp3) is 0.0714. The first-order chi connectivity index (χ1) is 9.29. The number of hydrogen-bond donors (Lipinski definition) is 1. The Kier molecular flexibility index (Phi) is 3.72. The van der Waals surface area contributed by atoms with E-state index in [0.29, 0.717) is 11.1 Å². The second kappa shape index (κ2) is 5.17. The van der Waals surface area contributed by atoms with Crippen LogP contribution in [0, 0.1) is 0 Å². The highest BCUT2D eigenvalue weighted by molar-refractivity contribution is 6.33. The van der Waals surface area contributed by atoms with Gasteiger partial charge in [0.25, 0.3) is 0 Å². The van der Waals surface area contributed by atoms with E-state index in [-0.39, 0.29) is 10.6 Å². The van der Waals surface area contributed by atoms with E-state index in [0.717, 1.165) is 12.1 Å². The van der Waals surface area contributed by atoms with Gasteiger partial charge in [0.05, 0.1) is 11.1 Å². The maximum absolute atomic E-state index is 12.5. The van der Waals surface area contributed by atoms with Gasteiger partial charge in [-0.3, -0.25) is 0 Å². The summed E-state index contributed by atoms with van der Waals surface area (Å²) in [6.45, 7) is 0. The summed E-state index contributed by atoms with van der Waals surface area (Å²) in [5, 5.41) is 8.74. The zero-order valence-electron chi connectivity index (χ0n) is 9.91. The SMILES string of the molecule is O=C(O)c1ccc(-c2ccc(C(F)(F)F)cc2Cl)cc1. The molecule has 0 bridgehead atoms. The van der Waals surface area contributed by atoms with Crippen molar-refractivity contribution < 1.29 is 23.1 Å². The summed E-state index contributed by atoms with van der Waals surface area (Å²) in [5.41, 5.74) is 0.232. The van der Waals surface area contributed by atoms with E-state index in [1.807, 2.05) is 0 Å². The van der Waals surface area contributed by atoms with Crippen molar-refractivity contribution in [3.63, 3.8) is 0 Å². The number of rotatable bonds is 2. The van der Waals surface area contributed by atoms with Crippen molar-refractivity contribution in [3.05, 3.63) is 58.6 Å². The van der Waals surface area contributed by atoms with Crippen molar-refractivity contribution in [3.8, 4) is 11.1 Å². The van der Waals surface area contributed by atoms with Gasteiger partial charge < -0.3 is 5.11 Å². The van der Waals surface area contributed by atoms with Gasteiger partial charge in [0.2, 0.25) is 0 Å². The van der Waals surface area contributed by atoms with Gasteiger partial charge in [-0.1, -0.05) is 29.8 Å². The average molecular weight is 301 g/mol. The van der Waals surface area contributed by atoms with Gasteiger partial charge in [0.1, 0.15) is 0 Å². The summed E-state index contributed by atoms with van der Waals surface area (Å²) in [7, 11) is 0. The van der Waals surface area contributed by atoms with Crippen molar-refractivity contribution in [2.75, 3.05) is 0 Å². The number of alkyl halides is 3. The Bertz CT molecular complexity index is 648. The highest BCUT2D eigenvalue weighted by atomic mass is 35.5. The topological polar surface area (TPSA) is 37.3 Å². The van der Waals surface area contributed by atoms with E-state index >= 15 is 0 Å². The molecule has 2 nitrogen and oxygen atoms in total. The van der Waals surface area contributed by atoms with Crippen LogP contribution in [0.4, 0.5) is 13.2 Å². The molecule has 6 heteroatoms. The molecule has 0 aliphatic heterocycles. The summed E-state index contributed by atoms with van der Waals surface area (Å²) in [6.07, 6.45) is -4.45. The largest absolute Gasteiger partial charge is 0.478 e. The second-order valence-corrected chi connectivity index (χ2v) is 4.48. The summed E-state index contributed by atoms with van der Waals surface area (Å²) in [6, 6.07) is 8.78. The van der Waals surface area contributed by atoms with E-state index in [2.05, 4.69) is 0 Å². The standard InChI is InChI=1S/C14H8ClF3O2/c15-12-7-10(14(16,17)18)5-6-11(12)8-1-3-9(4-2-8)13(19)20/h1-7H,(H,19,20). The molecule has 2 rings (SSSR count). The first-order valence-corrected chi connectivity index (χ1v) is 5.87. The second-order valence-electron chi connectivity index (χ2n) is 4.07. The predicted molar refractivity (Wildman–Crippen MR) is 68.8 cm³/mol. The lowest BCUT2D eigenvalue weighted by Crippen LogP contribution is -2.04. The minimum atomic E-state index is -4.45. The van der Waals surface area contributed by atoms with Gasteiger partial charge in [-0.05, 0) is 29.8 Å². The molecule has 104 valence electrons. The third kappa shape index (κ3) is 2.93. The van der Waals surface area contributed by atoms with Crippen molar-refractivity contribution in [1.82, 2.24) is 0 Å². The van der Waals surface area contributed by atoms with Crippen LogP contribution in [0.15, 0.2) is 42.5 Å². The lowest BCUT2D eigenvalue weighted by Gasteiger charge is -2.10. The highest BCUT2D eigenvalue weighted by Crippen LogP contribution is 2.35. The Morgan fingerprint density at radius 1 is 1.05 bits per heavy atom. The third-order valence-electron chi connectivity index (χ3n) is 2.74. The molecule has 0 aliphatic rings. The maximum Gasteiger partial charge on any atom is 0.416 e. The number of aromatic carboxylic acids is 1. The monoisotopic (exact) mass is 300 g/mol. The summed E-state index contributed by atoms with van der Waals surface area (Å²) < 4.78 is 37.6. The molecule has 0 unspecified atom stereocenters. The Labute approximate surface area is 117 Å². The first-order valence-electron chi connectivity index (χ1n) is 5.49. The molecular formula is C14H8ClF3O2. The molecule has 0 radical (unpaired) electrons. The summed E-state index contributed by atoms with van der Waals surface area (Å²) >= 11 is 5.86. The van der Waals surface area contributed by atoms with E-state index in [1.54, 1.807) is 0 Å². The minimum absolute atomic E-state index is 0.0390. The molecule has 0 amide bonds. The third-order valence-corrected chi connectivity index (χ3v) is 3.05. The van der Waals surface area contributed by atoms with Gasteiger partial charge >= 0.3 is 12.1 Å². The quantitative estimate of drug-likeness (QED) is 0.871. The molecule has 0 saturated carbocycles.